The summed E-state index contributed by atoms with van der Waals surface area (Å²) in [6.07, 6.45) is 4.03. The Labute approximate surface area is 84.7 Å². The maximum atomic E-state index is 10.6. The van der Waals surface area contributed by atoms with Crippen molar-refractivity contribution < 1.29 is 9.90 Å². The number of aliphatic carboxylic acids is 1. The second kappa shape index (κ2) is 2.17. The zero-order valence-corrected chi connectivity index (χ0v) is 8.92. The molecule has 2 heteroatoms. The van der Waals surface area contributed by atoms with Gasteiger partial charge in [-0.3, -0.25) is 4.79 Å². The van der Waals surface area contributed by atoms with E-state index in [0.29, 0.717) is 17.3 Å². The number of hydrogen-bond acceptors (Lipinski definition) is 1. The largest absolute Gasteiger partial charge is 0.481 e. The van der Waals surface area contributed by atoms with Gasteiger partial charge in [-0.1, -0.05) is 13.8 Å². The summed E-state index contributed by atoms with van der Waals surface area (Å²) in [4.78, 5) is 10.6. The molecular formula is C12H18O2. The highest BCUT2D eigenvalue weighted by atomic mass is 16.4. The maximum absolute atomic E-state index is 10.6. The maximum Gasteiger partial charge on any atom is 0.303 e. The smallest absolute Gasteiger partial charge is 0.303 e. The molecule has 0 amide bonds. The molecule has 4 aliphatic rings. The Balaban J connectivity index is 1.81. The minimum Gasteiger partial charge on any atom is -0.481 e. The first-order valence-corrected chi connectivity index (χ1v) is 5.72. The Morgan fingerprint density at radius 1 is 1.36 bits per heavy atom. The Morgan fingerprint density at radius 2 is 1.93 bits per heavy atom. The van der Waals surface area contributed by atoms with E-state index in [4.69, 9.17) is 5.11 Å². The molecule has 0 heterocycles. The Bertz CT molecular complexity index is 297. The third-order valence-corrected chi connectivity index (χ3v) is 5.98. The van der Waals surface area contributed by atoms with E-state index in [0.717, 1.165) is 24.2 Å². The molecular weight excluding hydrogens is 176 g/mol. The summed E-state index contributed by atoms with van der Waals surface area (Å²) in [5.74, 6) is 2.11. The molecule has 4 rings (SSSR count). The highest BCUT2D eigenvalue weighted by molar-refractivity contribution is 5.66. The third kappa shape index (κ3) is 0.697. The van der Waals surface area contributed by atoms with Crippen LogP contribution >= 0.6 is 0 Å². The first-order chi connectivity index (χ1) is 6.50. The summed E-state index contributed by atoms with van der Waals surface area (Å²) in [6.45, 7) is 4.74. The predicted molar refractivity (Wildman–Crippen MR) is 52.8 cm³/mol. The van der Waals surface area contributed by atoms with Gasteiger partial charge in [0.15, 0.2) is 0 Å². The third-order valence-electron chi connectivity index (χ3n) is 5.98. The van der Waals surface area contributed by atoms with E-state index >= 15 is 0 Å². The average molecular weight is 194 g/mol. The van der Waals surface area contributed by atoms with Crippen LogP contribution in [0.1, 0.15) is 39.5 Å². The van der Waals surface area contributed by atoms with Gasteiger partial charge in [0.2, 0.25) is 0 Å². The molecule has 78 valence electrons. The van der Waals surface area contributed by atoms with Gasteiger partial charge < -0.3 is 5.11 Å². The fourth-order valence-electron chi connectivity index (χ4n) is 4.87. The molecule has 1 N–H and O–H groups in total. The average Bonchev–Trinajstić information content (AvgIpc) is 2.54. The highest BCUT2D eigenvalue weighted by Gasteiger charge is 2.80. The number of carboxylic acids is 1. The van der Waals surface area contributed by atoms with E-state index in [9.17, 15) is 4.79 Å². The molecule has 14 heavy (non-hydrogen) atoms. The van der Waals surface area contributed by atoms with Crippen LogP contribution < -0.4 is 0 Å². The second-order valence-corrected chi connectivity index (χ2v) is 5.98. The van der Waals surface area contributed by atoms with Crippen molar-refractivity contribution >= 4 is 5.97 Å². The van der Waals surface area contributed by atoms with E-state index in [-0.39, 0.29) is 0 Å². The molecule has 4 aliphatic carbocycles. The minimum atomic E-state index is -0.629. The zero-order valence-electron chi connectivity index (χ0n) is 8.92. The number of carbonyl (C=O) groups is 1. The molecule has 4 fully saturated rings. The van der Waals surface area contributed by atoms with Crippen molar-refractivity contribution in [3.63, 3.8) is 0 Å². The van der Waals surface area contributed by atoms with E-state index in [1.165, 1.54) is 12.8 Å². The standard InChI is InChI=1S/C12H18O2/c1-11(4-3-10(13)14)7-5-8-9(6-7)12(8,11)2/h7-9H,3-6H2,1-2H3,(H,13,14)/t7?,8-,9+,11-,12?/m0/s1. The summed E-state index contributed by atoms with van der Waals surface area (Å²) >= 11 is 0. The molecule has 0 radical (unpaired) electrons. The van der Waals surface area contributed by atoms with Crippen LogP contribution in [0, 0.1) is 28.6 Å². The molecule has 5 atom stereocenters. The van der Waals surface area contributed by atoms with Crippen molar-refractivity contribution in [2.24, 2.45) is 28.6 Å². The molecule has 2 unspecified atom stereocenters. The second-order valence-electron chi connectivity index (χ2n) is 5.98. The Kier molecular flexibility index (Phi) is 1.36. The Morgan fingerprint density at radius 3 is 2.29 bits per heavy atom. The lowest BCUT2D eigenvalue weighted by atomic mass is 9.71. The van der Waals surface area contributed by atoms with Crippen LogP contribution in [0.25, 0.3) is 0 Å². The molecule has 0 spiro atoms. The molecule has 0 aromatic carbocycles. The van der Waals surface area contributed by atoms with E-state index in [2.05, 4.69) is 13.8 Å². The molecule has 4 saturated carbocycles. The molecule has 0 aliphatic heterocycles. The van der Waals surface area contributed by atoms with Gasteiger partial charge in [0.05, 0.1) is 0 Å². The van der Waals surface area contributed by atoms with Gasteiger partial charge in [0.1, 0.15) is 0 Å². The van der Waals surface area contributed by atoms with Crippen molar-refractivity contribution in [2.45, 2.75) is 39.5 Å². The fraction of sp³-hybridized carbons (Fsp3) is 0.917. The lowest BCUT2D eigenvalue weighted by molar-refractivity contribution is -0.138. The van der Waals surface area contributed by atoms with Gasteiger partial charge in [-0.25, -0.2) is 0 Å². The summed E-state index contributed by atoms with van der Waals surface area (Å²) in [5.41, 5.74) is 0.869. The zero-order chi connectivity index (χ0) is 10.1. The van der Waals surface area contributed by atoms with Crippen molar-refractivity contribution in [3.8, 4) is 0 Å². The van der Waals surface area contributed by atoms with E-state index < -0.39 is 5.97 Å². The van der Waals surface area contributed by atoms with Gasteiger partial charge in [-0.05, 0) is 47.8 Å². The molecule has 4 bridgehead atoms. The lowest BCUT2D eigenvalue weighted by Crippen LogP contribution is -2.27. The number of hydrogen-bond donors (Lipinski definition) is 1. The minimum absolute atomic E-state index is 0.348. The van der Waals surface area contributed by atoms with Crippen LogP contribution in [0.5, 0.6) is 0 Å². The lowest BCUT2D eigenvalue weighted by Gasteiger charge is -2.33. The number of carboxylic acid groups (broad SMARTS) is 1. The predicted octanol–water partition coefficient (Wildman–Crippen LogP) is 2.53. The molecule has 2 nitrogen and oxygen atoms in total. The fourth-order valence-corrected chi connectivity index (χ4v) is 4.87. The van der Waals surface area contributed by atoms with E-state index in [1.807, 2.05) is 0 Å². The van der Waals surface area contributed by atoms with Crippen molar-refractivity contribution in [1.29, 1.82) is 0 Å². The topological polar surface area (TPSA) is 37.3 Å². The first-order valence-electron chi connectivity index (χ1n) is 5.72. The van der Waals surface area contributed by atoms with Crippen LogP contribution in [0.15, 0.2) is 0 Å². The van der Waals surface area contributed by atoms with Gasteiger partial charge in [0, 0.05) is 6.42 Å². The van der Waals surface area contributed by atoms with Gasteiger partial charge >= 0.3 is 5.97 Å². The van der Waals surface area contributed by atoms with Crippen LogP contribution in [0.2, 0.25) is 0 Å². The van der Waals surface area contributed by atoms with Gasteiger partial charge in [-0.2, -0.15) is 0 Å². The summed E-state index contributed by atoms with van der Waals surface area (Å²) in [7, 11) is 0. The molecule has 0 aromatic heterocycles. The quantitative estimate of drug-likeness (QED) is 0.749. The van der Waals surface area contributed by atoms with E-state index in [1.54, 1.807) is 0 Å². The normalized spacial score (nSPS) is 57.7. The monoisotopic (exact) mass is 194 g/mol. The summed E-state index contributed by atoms with van der Waals surface area (Å²) in [6, 6.07) is 0. The molecule has 0 saturated heterocycles. The van der Waals surface area contributed by atoms with Crippen LogP contribution in [0.3, 0.4) is 0 Å². The van der Waals surface area contributed by atoms with Crippen molar-refractivity contribution in [3.05, 3.63) is 0 Å². The Hall–Kier alpha value is -0.530. The summed E-state index contributed by atoms with van der Waals surface area (Å²) < 4.78 is 0. The SMILES string of the molecule is CC12[C@@H]3CC(C[C@@H]31)[C@]2(C)CCC(=O)O. The number of rotatable bonds is 3. The van der Waals surface area contributed by atoms with Crippen LogP contribution in [0.4, 0.5) is 0 Å². The van der Waals surface area contributed by atoms with Gasteiger partial charge in [-0.15, -0.1) is 0 Å². The van der Waals surface area contributed by atoms with Crippen LogP contribution in [-0.2, 0) is 4.79 Å². The molecule has 0 aromatic rings. The first kappa shape index (κ1) is 8.75. The van der Waals surface area contributed by atoms with Gasteiger partial charge in [0.25, 0.3) is 0 Å². The van der Waals surface area contributed by atoms with Crippen molar-refractivity contribution in [2.75, 3.05) is 0 Å². The van der Waals surface area contributed by atoms with Crippen LogP contribution in [-0.4, -0.2) is 11.1 Å². The highest BCUT2D eigenvalue weighted by Crippen LogP contribution is 2.86. The summed E-state index contributed by atoms with van der Waals surface area (Å²) in [5, 5.41) is 8.77. The van der Waals surface area contributed by atoms with Crippen molar-refractivity contribution in [1.82, 2.24) is 0 Å².